The Bertz CT molecular complexity index is 2940. The number of esters is 10. The van der Waals surface area contributed by atoms with E-state index in [0.717, 1.165) is 25.7 Å². The van der Waals surface area contributed by atoms with Crippen molar-refractivity contribution in [3.63, 3.8) is 0 Å². The number of carbonyl (C=O) groups excluding carboxylic acids is 10. The molecule has 0 heterocycles. The van der Waals surface area contributed by atoms with Crippen LogP contribution >= 0.6 is 0 Å². The molecule has 2 N–H and O–H groups in total. The Morgan fingerprint density at radius 1 is 0.266 bits per heavy atom. The first-order valence-electron chi connectivity index (χ1n) is 33.5. The number of carbonyl (C=O) groups is 10. The summed E-state index contributed by atoms with van der Waals surface area (Å²) < 4.78 is 54.4. The van der Waals surface area contributed by atoms with Gasteiger partial charge in [-0.15, -0.1) is 0 Å². The molecule has 0 spiro atoms. The Labute approximate surface area is 551 Å². The molecule has 0 unspecified atom stereocenters. The van der Waals surface area contributed by atoms with Gasteiger partial charge in [0.25, 0.3) is 0 Å². The highest BCUT2D eigenvalue weighted by Crippen LogP contribution is 2.32. The van der Waals surface area contributed by atoms with Crippen LogP contribution in [0.2, 0.25) is 0 Å². The van der Waals surface area contributed by atoms with Gasteiger partial charge in [0.2, 0.25) is 0 Å². The van der Waals surface area contributed by atoms with E-state index in [-0.39, 0.29) is 148 Å². The zero-order valence-corrected chi connectivity index (χ0v) is 54.4. The molecular formula is C72H96O22. The fourth-order valence-corrected chi connectivity index (χ4v) is 9.44. The summed E-state index contributed by atoms with van der Waals surface area (Å²) in [6, 6.07) is 22.2. The average Bonchev–Trinajstić information content (AvgIpc) is 0.843. The summed E-state index contributed by atoms with van der Waals surface area (Å²) in [4.78, 5) is 125. The zero-order valence-electron chi connectivity index (χ0n) is 54.4. The monoisotopic (exact) mass is 1310 g/mol. The molecule has 94 heavy (non-hydrogen) atoms. The van der Waals surface area contributed by atoms with E-state index in [1.807, 2.05) is 0 Å². The van der Waals surface area contributed by atoms with Gasteiger partial charge in [-0.3, -0.25) is 38.4 Å². The van der Waals surface area contributed by atoms with Crippen LogP contribution in [0.5, 0.6) is 23.0 Å². The number of hydrogen-bond acceptors (Lipinski definition) is 22. The summed E-state index contributed by atoms with van der Waals surface area (Å²) in [5, 5.41) is 18.7. The van der Waals surface area contributed by atoms with Crippen molar-refractivity contribution < 1.29 is 106 Å². The maximum absolute atomic E-state index is 13.7. The Hall–Kier alpha value is -8.24. The second kappa shape index (κ2) is 49.4. The minimum Gasteiger partial charge on any atom is -0.466 e. The van der Waals surface area contributed by atoms with Crippen LogP contribution in [0.15, 0.2) is 84.9 Å². The lowest BCUT2D eigenvalue weighted by molar-refractivity contribution is -0.145. The van der Waals surface area contributed by atoms with E-state index in [1.54, 1.807) is 54.6 Å². The maximum atomic E-state index is 13.7. The molecular weight excluding hydrogens is 1220 g/mol. The summed E-state index contributed by atoms with van der Waals surface area (Å²) in [6.45, 7) is 1.81. The summed E-state index contributed by atoms with van der Waals surface area (Å²) >= 11 is 0. The minimum atomic E-state index is -0.805. The van der Waals surface area contributed by atoms with Crippen LogP contribution in [0.1, 0.15) is 226 Å². The molecule has 0 fully saturated rings. The van der Waals surface area contributed by atoms with Gasteiger partial charge in [0, 0.05) is 70.0 Å². The molecule has 0 aromatic heterocycles. The van der Waals surface area contributed by atoms with Crippen molar-refractivity contribution in [2.24, 2.45) is 0 Å². The zero-order chi connectivity index (χ0) is 67.6. The van der Waals surface area contributed by atoms with Crippen LogP contribution in [0, 0.1) is 0 Å². The molecule has 22 nitrogen and oxygen atoms in total. The first-order chi connectivity index (χ1) is 45.8. The van der Waals surface area contributed by atoms with Gasteiger partial charge in [-0.25, -0.2) is 9.59 Å². The Morgan fingerprint density at radius 2 is 0.564 bits per heavy atom. The lowest BCUT2D eigenvalue weighted by Crippen LogP contribution is -2.15. The van der Waals surface area contributed by atoms with E-state index in [9.17, 15) is 47.9 Å². The molecule has 0 bridgehead atoms. The molecule has 22 heteroatoms. The van der Waals surface area contributed by atoms with Crippen LogP contribution in [-0.2, 0) is 66.8 Å². The van der Waals surface area contributed by atoms with Crippen LogP contribution in [0.25, 0.3) is 10.8 Å². The van der Waals surface area contributed by atoms with Gasteiger partial charge in [0.1, 0.15) is 34.1 Å². The summed E-state index contributed by atoms with van der Waals surface area (Å²) in [5.41, 5.74) is -0.00209. The molecule has 0 saturated heterocycles. The molecule has 0 aliphatic heterocycles. The number of ether oxygens (including phenoxy) is 10. The predicted molar refractivity (Wildman–Crippen MR) is 346 cm³/mol. The third-order valence-corrected chi connectivity index (χ3v) is 14.7. The minimum absolute atomic E-state index is 0.000944. The normalized spacial score (nSPS) is 10.9. The second-order valence-corrected chi connectivity index (χ2v) is 22.6. The summed E-state index contributed by atoms with van der Waals surface area (Å²) in [7, 11) is 0. The van der Waals surface area contributed by atoms with Crippen molar-refractivity contribution in [1.29, 1.82) is 0 Å². The molecule has 0 radical (unpaired) electrons. The molecule has 0 aliphatic rings. The third kappa shape index (κ3) is 35.7. The smallest absolute Gasteiger partial charge is 0.347 e. The van der Waals surface area contributed by atoms with Crippen LogP contribution in [-0.4, -0.2) is 123 Å². The van der Waals surface area contributed by atoms with Gasteiger partial charge >= 0.3 is 59.7 Å². The number of aliphatic hydroxyl groups excluding tert-OH is 2. The molecule has 4 rings (SSSR count). The van der Waals surface area contributed by atoms with E-state index in [2.05, 4.69) is 0 Å². The average molecular weight is 1310 g/mol. The lowest BCUT2D eigenvalue weighted by atomic mass is 10.1. The first-order valence-corrected chi connectivity index (χ1v) is 33.5. The fraction of sp³-hybridized carbons (Fsp3) is 0.556. The highest BCUT2D eigenvalue weighted by Gasteiger charge is 2.21. The van der Waals surface area contributed by atoms with Crippen LogP contribution < -0.4 is 18.9 Å². The topological polar surface area (TPSA) is 303 Å². The largest absolute Gasteiger partial charge is 0.466 e. The number of aliphatic hydroxyl groups is 2. The van der Waals surface area contributed by atoms with Crippen LogP contribution in [0.4, 0.5) is 0 Å². The predicted octanol–water partition coefficient (Wildman–Crippen LogP) is 12.8. The molecule has 0 aliphatic carbocycles. The maximum Gasteiger partial charge on any atom is 0.347 e. The third-order valence-electron chi connectivity index (χ3n) is 14.7. The second-order valence-electron chi connectivity index (χ2n) is 22.6. The summed E-state index contributed by atoms with van der Waals surface area (Å²) in [6.07, 6.45) is 17.2. The van der Waals surface area contributed by atoms with E-state index >= 15 is 0 Å². The van der Waals surface area contributed by atoms with Gasteiger partial charge in [0.05, 0.1) is 39.6 Å². The van der Waals surface area contributed by atoms with Gasteiger partial charge in [-0.1, -0.05) is 55.3 Å². The van der Waals surface area contributed by atoms with Crippen molar-refractivity contribution >= 4 is 70.5 Å². The Morgan fingerprint density at radius 3 is 0.904 bits per heavy atom. The molecule has 516 valence electrons. The van der Waals surface area contributed by atoms with E-state index in [4.69, 9.17) is 57.6 Å². The van der Waals surface area contributed by atoms with Crippen molar-refractivity contribution in [2.75, 3.05) is 52.9 Å². The number of fused-ring (bicyclic) bond motifs is 1. The Balaban J connectivity index is 1.05. The number of benzene rings is 4. The summed E-state index contributed by atoms with van der Waals surface area (Å²) in [5.74, 6) is -4.20. The van der Waals surface area contributed by atoms with Gasteiger partial charge in [0.15, 0.2) is 0 Å². The Kier molecular flexibility index (Phi) is 41.1. The van der Waals surface area contributed by atoms with Gasteiger partial charge < -0.3 is 57.6 Å². The highest BCUT2D eigenvalue weighted by atomic mass is 16.6. The van der Waals surface area contributed by atoms with Crippen molar-refractivity contribution in [2.45, 2.75) is 205 Å². The van der Waals surface area contributed by atoms with Crippen LogP contribution in [0.3, 0.4) is 0 Å². The van der Waals surface area contributed by atoms with E-state index in [0.29, 0.717) is 165 Å². The SMILES string of the molecule is O=C(CCCCCO)OCCCCCC(=O)OCCCCCC(=O)OCCCCCC(=O)Oc1ccccc1C(=O)Oc1ccc2cccc(OC(=O)c3ccccc3OC(=O)CCCCCOC(=O)CCCCCOC(=O)CCCCCOC(=O)CCCCCO)c2c1. The molecule has 0 atom stereocenters. The molecule has 0 saturated carbocycles. The quantitative estimate of drug-likeness (QED) is 0.0180. The fourth-order valence-electron chi connectivity index (χ4n) is 9.44. The number of hydrogen-bond donors (Lipinski definition) is 2. The van der Waals surface area contributed by atoms with Crippen molar-refractivity contribution in [3.05, 3.63) is 96.1 Å². The number of rotatable bonds is 52. The van der Waals surface area contributed by atoms with Crippen molar-refractivity contribution in [1.82, 2.24) is 0 Å². The van der Waals surface area contributed by atoms with Crippen molar-refractivity contribution in [3.8, 4) is 23.0 Å². The number of unbranched alkanes of at least 4 members (excludes halogenated alkanes) is 16. The standard InChI is InChI=1S/C72H96O22/c73-46-21-1-9-36-63(75)85-48-23-3-11-38-65(77)87-50-25-5-13-40-67(79)89-52-27-7-15-42-69(81)92-60-33-19-17-31-57(60)71(83)91-56-45-44-55-30-29-35-62(59(55)54-56)94-72(84)58-32-18-20-34-61(58)93-70(82)43-16-8-28-53-90-68(80)41-14-6-26-51-88-66(78)39-12-4-24-49-86-64(76)37-10-2-22-47-74/h17-20,29-35,44-45,54,73-74H,1-16,21-28,36-43,46-53H2. The molecule has 0 amide bonds. The van der Waals surface area contributed by atoms with Gasteiger partial charge in [-0.05, 0) is 189 Å². The molecule has 4 aromatic rings. The highest BCUT2D eigenvalue weighted by molar-refractivity contribution is 5.99. The van der Waals surface area contributed by atoms with E-state index in [1.165, 1.54) is 30.3 Å². The number of para-hydroxylation sites is 2. The molecule has 4 aromatic carbocycles. The van der Waals surface area contributed by atoms with E-state index < -0.39 is 23.9 Å². The lowest BCUT2D eigenvalue weighted by Gasteiger charge is -2.13. The van der Waals surface area contributed by atoms with Gasteiger partial charge in [-0.2, -0.15) is 0 Å². The first kappa shape index (κ1) is 78.2.